The SMILES string of the molecule is FC(F)(F)c1ccc(C(c2c[nH]c3ccccc23)c2c[nH]c3ccccc23)cc1. The van der Waals surface area contributed by atoms with Crippen molar-refractivity contribution in [1.82, 2.24) is 9.97 Å². The Morgan fingerprint density at radius 1 is 0.621 bits per heavy atom. The first-order valence-corrected chi connectivity index (χ1v) is 9.31. The highest BCUT2D eigenvalue weighted by molar-refractivity contribution is 5.89. The lowest BCUT2D eigenvalue weighted by molar-refractivity contribution is -0.137. The summed E-state index contributed by atoms with van der Waals surface area (Å²) in [6.07, 6.45) is -0.445. The van der Waals surface area contributed by atoms with E-state index in [9.17, 15) is 13.2 Å². The van der Waals surface area contributed by atoms with E-state index in [-0.39, 0.29) is 5.92 Å². The molecule has 0 spiro atoms. The fourth-order valence-corrected chi connectivity index (χ4v) is 4.06. The predicted octanol–water partition coefficient (Wildman–Crippen LogP) is 6.85. The Bertz CT molecular complexity index is 1220. The van der Waals surface area contributed by atoms with Gasteiger partial charge >= 0.3 is 6.18 Å². The van der Waals surface area contributed by atoms with Gasteiger partial charge in [-0.25, -0.2) is 0 Å². The van der Waals surface area contributed by atoms with Gasteiger partial charge in [-0.3, -0.25) is 0 Å². The molecule has 144 valence electrons. The summed E-state index contributed by atoms with van der Waals surface area (Å²) in [7, 11) is 0. The molecule has 0 bridgehead atoms. The summed E-state index contributed by atoms with van der Waals surface area (Å²) in [5.74, 6) is -0.204. The number of rotatable bonds is 3. The molecule has 0 saturated heterocycles. The van der Waals surface area contributed by atoms with Gasteiger partial charge in [0.25, 0.3) is 0 Å². The smallest absolute Gasteiger partial charge is 0.361 e. The van der Waals surface area contributed by atoms with Crippen LogP contribution in [0.25, 0.3) is 21.8 Å². The van der Waals surface area contributed by atoms with E-state index < -0.39 is 11.7 Å². The first-order valence-electron chi connectivity index (χ1n) is 9.31. The average molecular weight is 390 g/mol. The second-order valence-electron chi connectivity index (χ2n) is 7.13. The van der Waals surface area contributed by atoms with E-state index in [1.165, 1.54) is 0 Å². The number of H-pyrrole nitrogens is 2. The fraction of sp³-hybridized carbons (Fsp3) is 0.0833. The van der Waals surface area contributed by atoms with E-state index >= 15 is 0 Å². The van der Waals surface area contributed by atoms with E-state index in [2.05, 4.69) is 9.97 Å². The molecular weight excluding hydrogens is 373 g/mol. The van der Waals surface area contributed by atoms with Crippen LogP contribution in [0.15, 0.2) is 85.2 Å². The molecule has 0 atom stereocenters. The number of aromatic amines is 2. The molecule has 29 heavy (non-hydrogen) atoms. The summed E-state index contributed by atoms with van der Waals surface area (Å²) >= 11 is 0. The Labute approximate surface area is 165 Å². The van der Waals surface area contributed by atoms with Crippen LogP contribution in [0.1, 0.15) is 28.2 Å². The van der Waals surface area contributed by atoms with Gasteiger partial charge in [0.05, 0.1) is 5.56 Å². The zero-order valence-corrected chi connectivity index (χ0v) is 15.3. The Morgan fingerprint density at radius 3 is 1.59 bits per heavy atom. The molecule has 2 nitrogen and oxygen atoms in total. The maximum absolute atomic E-state index is 13.1. The quantitative estimate of drug-likeness (QED) is 0.338. The Morgan fingerprint density at radius 2 is 1.10 bits per heavy atom. The number of para-hydroxylation sites is 2. The summed E-state index contributed by atoms with van der Waals surface area (Å²) in [4.78, 5) is 6.59. The highest BCUT2D eigenvalue weighted by Crippen LogP contribution is 2.40. The summed E-state index contributed by atoms with van der Waals surface area (Å²) in [5, 5.41) is 2.12. The summed E-state index contributed by atoms with van der Waals surface area (Å²) < 4.78 is 39.2. The van der Waals surface area contributed by atoms with E-state index in [4.69, 9.17) is 0 Å². The Balaban J connectivity index is 1.74. The van der Waals surface area contributed by atoms with Crippen LogP contribution in [-0.4, -0.2) is 9.97 Å². The first-order chi connectivity index (χ1) is 14.0. The van der Waals surface area contributed by atoms with Crippen molar-refractivity contribution in [3.8, 4) is 0 Å². The Kier molecular flexibility index (Phi) is 3.98. The largest absolute Gasteiger partial charge is 0.416 e. The minimum atomic E-state index is -4.35. The van der Waals surface area contributed by atoms with Crippen molar-refractivity contribution in [1.29, 1.82) is 0 Å². The maximum Gasteiger partial charge on any atom is 0.416 e. The summed E-state index contributed by atoms with van der Waals surface area (Å²) in [6, 6.07) is 21.4. The molecule has 3 aromatic carbocycles. The third-order valence-electron chi connectivity index (χ3n) is 5.44. The van der Waals surface area contributed by atoms with Gasteiger partial charge in [-0.05, 0) is 41.0 Å². The molecule has 0 amide bonds. The molecule has 5 aromatic rings. The summed E-state index contributed by atoms with van der Waals surface area (Å²) in [6.45, 7) is 0. The monoisotopic (exact) mass is 390 g/mol. The van der Waals surface area contributed by atoms with Crippen molar-refractivity contribution in [3.63, 3.8) is 0 Å². The molecule has 0 saturated carbocycles. The Hall–Kier alpha value is -3.47. The highest BCUT2D eigenvalue weighted by atomic mass is 19.4. The van der Waals surface area contributed by atoms with Crippen LogP contribution >= 0.6 is 0 Å². The van der Waals surface area contributed by atoms with Crippen molar-refractivity contribution in [3.05, 3.63) is 107 Å². The van der Waals surface area contributed by atoms with Gasteiger partial charge < -0.3 is 9.97 Å². The molecule has 0 aliphatic rings. The zero-order valence-electron chi connectivity index (χ0n) is 15.3. The standard InChI is InChI=1S/C24H17F3N2/c25-24(26,27)16-11-9-15(10-12-16)23(19-13-28-21-7-3-1-5-17(19)21)20-14-29-22-8-4-2-6-18(20)22/h1-14,23,28-29H. The van der Waals surface area contributed by atoms with Crippen LogP contribution in [0.3, 0.4) is 0 Å². The van der Waals surface area contributed by atoms with E-state index in [0.717, 1.165) is 50.6 Å². The number of aromatic nitrogens is 2. The van der Waals surface area contributed by atoms with Crippen LogP contribution in [0, 0.1) is 0 Å². The minimum Gasteiger partial charge on any atom is -0.361 e. The van der Waals surface area contributed by atoms with Crippen LogP contribution in [-0.2, 0) is 6.18 Å². The molecule has 0 radical (unpaired) electrons. The molecule has 5 heteroatoms. The van der Waals surface area contributed by atoms with Crippen molar-refractivity contribution in [2.45, 2.75) is 12.1 Å². The molecule has 0 aliphatic carbocycles. The highest BCUT2D eigenvalue weighted by Gasteiger charge is 2.31. The van der Waals surface area contributed by atoms with Crippen LogP contribution < -0.4 is 0 Å². The lowest BCUT2D eigenvalue weighted by Crippen LogP contribution is -2.07. The number of fused-ring (bicyclic) bond motifs is 2. The van der Waals surface area contributed by atoms with E-state index in [1.54, 1.807) is 12.1 Å². The molecule has 5 rings (SSSR count). The fourth-order valence-electron chi connectivity index (χ4n) is 4.06. The lowest BCUT2D eigenvalue weighted by atomic mass is 9.84. The second-order valence-corrected chi connectivity index (χ2v) is 7.13. The third kappa shape index (κ3) is 2.99. The molecular formula is C24H17F3N2. The topological polar surface area (TPSA) is 31.6 Å². The normalized spacial score (nSPS) is 12.3. The third-order valence-corrected chi connectivity index (χ3v) is 5.44. The molecule has 0 unspecified atom stereocenters. The van der Waals surface area contributed by atoms with Crippen LogP contribution in [0.2, 0.25) is 0 Å². The van der Waals surface area contributed by atoms with Crippen LogP contribution in [0.4, 0.5) is 13.2 Å². The van der Waals surface area contributed by atoms with E-state index in [1.807, 2.05) is 60.9 Å². The van der Waals surface area contributed by atoms with Gasteiger partial charge in [0, 0.05) is 40.1 Å². The zero-order chi connectivity index (χ0) is 20.0. The van der Waals surface area contributed by atoms with Gasteiger partial charge in [0.15, 0.2) is 0 Å². The number of hydrogen-bond donors (Lipinski definition) is 2. The van der Waals surface area contributed by atoms with Crippen LogP contribution in [0.5, 0.6) is 0 Å². The minimum absolute atomic E-state index is 0.204. The van der Waals surface area contributed by atoms with Gasteiger partial charge in [-0.1, -0.05) is 48.5 Å². The van der Waals surface area contributed by atoms with Crippen molar-refractivity contribution < 1.29 is 13.2 Å². The number of hydrogen-bond acceptors (Lipinski definition) is 0. The molecule has 2 aromatic heterocycles. The lowest BCUT2D eigenvalue weighted by Gasteiger charge is -2.18. The van der Waals surface area contributed by atoms with Gasteiger partial charge in [0.2, 0.25) is 0 Å². The number of nitrogens with one attached hydrogen (secondary N) is 2. The number of halogens is 3. The summed E-state index contributed by atoms with van der Waals surface area (Å²) in [5.41, 5.74) is 4.24. The van der Waals surface area contributed by atoms with E-state index in [0.29, 0.717) is 0 Å². The van der Waals surface area contributed by atoms with Gasteiger partial charge in [-0.15, -0.1) is 0 Å². The number of alkyl halides is 3. The second kappa shape index (κ2) is 6.55. The predicted molar refractivity (Wildman–Crippen MR) is 109 cm³/mol. The van der Waals surface area contributed by atoms with Gasteiger partial charge in [0.1, 0.15) is 0 Å². The van der Waals surface area contributed by atoms with Gasteiger partial charge in [-0.2, -0.15) is 13.2 Å². The maximum atomic E-state index is 13.1. The molecule has 0 fully saturated rings. The molecule has 2 N–H and O–H groups in total. The van der Waals surface area contributed by atoms with Crippen molar-refractivity contribution in [2.75, 3.05) is 0 Å². The number of benzene rings is 3. The molecule has 2 heterocycles. The average Bonchev–Trinajstić information content (AvgIpc) is 3.34. The van der Waals surface area contributed by atoms with Crippen molar-refractivity contribution >= 4 is 21.8 Å². The molecule has 0 aliphatic heterocycles. The first kappa shape index (κ1) is 17.6. The van der Waals surface area contributed by atoms with Crippen molar-refractivity contribution in [2.24, 2.45) is 0 Å².